The summed E-state index contributed by atoms with van der Waals surface area (Å²) in [4.78, 5) is 34.6. The number of rotatable bonds is 9. The molecule has 6 nitrogen and oxygen atoms in total. The quantitative estimate of drug-likeness (QED) is 0.298. The van der Waals surface area contributed by atoms with Gasteiger partial charge in [-0.25, -0.2) is 9.59 Å². The van der Waals surface area contributed by atoms with Gasteiger partial charge in [-0.2, -0.15) is 0 Å². The van der Waals surface area contributed by atoms with Crippen molar-refractivity contribution >= 4 is 17.7 Å². The third kappa shape index (κ3) is 5.90. The van der Waals surface area contributed by atoms with Crippen molar-refractivity contribution in [3.05, 3.63) is 78.4 Å². The highest BCUT2D eigenvalue weighted by atomic mass is 16.6. The maximum absolute atomic E-state index is 12.3. The van der Waals surface area contributed by atoms with E-state index in [1.54, 1.807) is 48.5 Å². The van der Waals surface area contributed by atoms with Crippen molar-refractivity contribution in [1.82, 2.24) is 0 Å². The van der Waals surface area contributed by atoms with Crippen LogP contribution in [0.25, 0.3) is 0 Å². The highest BCUT2D eigenvalue weighted by Gasteiger charge is 2.09. The van der Waals surface area contributed by atoms with Crippen molar-refractivity contribution in [3.8, 4) is 5.75 Å². The molecule has 0 aromatic heterocycles. The summed E-state index contributed by atoms with van der Waals surface area (Å²) in [5.41, 5.74) is 1.12. The molecule has 2 rings (SSSR count). The zero-order valence-corrected chi connectivity index (χ0v) is 14.1. The molecule has 0 aliphatic rings. The Bertz CT molecular complexity index is 765. The number of ether oxygens (including phenoxy) is 3. The van der Waals surface area contributed by atoms with Crippen molar-refractivity contribution in [2.75, 3.05) is 19.8 Å². The smallest absolute Gasteiger partial charge is 0.344 e. The predicted octanol–water partition coefficient (Wildman–Crippen LogP) is 2.57. The van der Waals surface area contributed by atoms with Crippen LogP contribution in [-0.4, -0.2) is 37.5 Å². The first-order valence-electron chi connectivity index (χ1n) is 7.87. The summed E-state index contributed by atoms with van der Waals surface area (Å²) in [6, 6.07) is 15.4. The van der Waals surface area contributed by atoms with Gasteiger partial charge in [-0.3, -0.25) is 4.79 Å². The molecule has 0 fully saturated rings. The minimum absolute atomic E-state index is 0.0487. The number of esters is 2. The van der Waals surface area contributed by atoms with E-state index in [1.165, 1.54) is 0 Å². The standard InChI is InChI=1S/C20H18O6/c1-2-18(21)24-12-13-25-19(22)14-26-17-10-8-16(9-11-17)20(23)15-6-4-3-5-7-15/h2-11H,1,12-14H2. The molecule has 0 bridgehead atoms. The van der Waals surface area contributed by atoms with Crippen molar-refractivity contribution < 1.29 is 28.6 Å². The summed E-state index contributed by atoms with van der Waals surface area (Å²) in [5, 5.41) is 0. The van der Waals surface area contributed by atoms with Gasteiger partial charge in [-0.1, -0.05) is 36.9 Å². The van der Waals surface area contributed by atoms with Gasteiger partial charge in [0.25, 0.3) is 0 Å². The lowest BCUT2D eigenvalue weighted by Gasteiger charge is -2.08. The van der Waals surface area contributed by atoms with Crippen molar-refractivity contribution in [1.29, 1.82) is 0 Å². The van der Waals surface area contributed by atoms with Gasteiger partial charge in [0.1, 0.15) is 19.0 Å². The van der Waals surface area contributed by atoms with Crippen molar-refractivity contribution in [3.63, 3.8) is 0 Å². The fourth-order valence-corrected chi connectivity index (χ4v) is 2.00. The van der Waals surface area contributed by atoms with Crippen LogP contribution in [0.3, 0.4) is 0 Å². The van der Waals surface area contributed by atoms with Crippen LogP contribution in [0, 0.1) is 0 Å². The van der Waals surface area contributed by atoms with Gasteiger partial charge in [0.05, 0.1) is 0 Å². The van der Waals surface area contributed by atoms with Crippen LogP contribution in [0.5, 0.6) is 5.75 Å². The van der Waals surface area contributed by atoms with E-state index in [-0.39, 0.29) is 25.6 Å². The first-order valence-corrected chi connectivity index (χ1v) is 7.87. The Morgan fingerprint density at radius 1 is 0.846 bits per heavy atom. The Morgan fingerprint density at radius 3 is 2.12 bits per heavy atom. The minimum Gasteiger partial charge on any atom is -0.482 e. The molecule has 0 spiro atoms. The monoisotopic (exact) mass is 354 g/mol. The molecule has 0 atom stereocenters. The van der Waals surface area contributed by atoms with E-state index in [4.69, 9.17) is 9.47 Å². The van der Waals surface area contributed by atoms with E-state index in [0.29, 0.717) is 16.9 Å². The lowest BCUT2D eigenvalue weighted by atomic mass is 10.0. The molecule has 6 heteroatoms. The Hall–Kier alpha value is -3.41. The van der Waals surface area contributed by atoms with Crippen LogP contribution in [0.4, 0.5) is 0 Å². The molecule has 134 valence electrons. The molecular formula is C20H18O6. The summed E-state index contributed by atoms with van der Waals surface area (Å²) in [6.07, 6.45) is 1.02. The molecule has 0 N–H and O–H groups in total. The molecule has 0 amide bonds. The third-order valence-electron chi connectivity index (χ3n) is 3.27. The largest absolute Gasteiger partial charge is 0.482 e. The number of ketones is 1. The summed E-state index contributed by atoms with van der Waals surface area (Å²) in [5.74, 6) is -0.832. The highest BCUT2D eigenvalue weighted by molar-refractivity contribution is 6.08. The number of carbonyl (C=O) groups excluding carboxylic acids is 3. The lowest BCUT2D eigenvalue weighted by Crippen LogP contribution is -2.18. The second kappa shape index (κ2) is 9.78. The highest BCUT2D eigenvalue weighted by Crippen LogP contribution is 2.15. The average molecular weight is 354 g/mol. The van der Waals surface area contributed by atoms with E-state index in [0.717, 1.165) is 6.08 Å². The van der Waals surface area contributed by atoms with Crippen LogP contribution in [-0.2, 0) is 19.1 Å². The lowest BCUT2D eigenvalue weighted by molar-refractivity contribution is -0.151. The second-order valence-electron chi connectivity index (χ2n) is 5.10. The molecule has 2 aromatic rings. The van der Waals surface area contributed by atoms with Gasteiger partial charge in [0.2, 0.25) is 0 Å². The van der Waals surface area contributed by atoms with Gasteiger partial charge in [0.15, 0.2) is 12.4 Å². The zero-order chi connectivity index (χ0) is 18.8. The normalized spacial score (nSPS) is 9.85. The van der Waals surface area contributed by atoms with Gasteiger partial charge in [0, 0.05) is 17.2 Å². The second-order valence-corrected chi connectivity index (χ2v) is 5.10. The van der Waals surface area contributed by atoms with Crippen LogP contribution < -0.4 is 4.74 Å². The molecule has 0 aliphatic carbocycles. The topological polar surface area (TPSA) is 78.9 Å². The molecule has 0 heterocycles. The number of hydrogen-bond donors (Lipinski definition) is 0. The van der Waals surface area contributed by atoms with Gasteiger partial charge in [-0.15, -0.1) is 0 Å². The van der Waals surface area contributed by atoms with Gasteiger partial charge < -0.3 is 14.2 Å². The summed E-state index contributed by atoms with van der Waals surface area (Å²) < 4.78 is 14.8. The van der Waals surface area contributed by atoms with Gasteiger partial charge in [-0.05, 0) is 24.3 Å². The predicted molar refractivity (Wildman–Crippen MR) is 93.9 cm³/mol. The van der Waals surface area contributed by atoms with Crippen molar-refractivity contribution in [2.45, 2.75) is 0 Å². The summed E-state index contributed by atoms with van der Waals surface area (Å²) >= 11 is 0. The molecule has 0 unspecified atom stereocenters. The fourth-order valence-electron chi connectivity index (χ4n) is 2.00. The number of benzene rings is 2. The Labute approximate surface area is 151 Å². The molecule has 0 saturated heterocycles. The fraction of sp³-hybridized carbons (Fsp3) is 0.150. The van der Waals surface area contributed by atoms with Crippen LogP contribution in [0.2, 0.25) is 0 Å². The van der Waals surface area contributed by atoms with Crippen LogP contribution in [0.1, 0.15) is 15.9 Å². The summed E-state index contributed by atoms with van der Waals surface area (Å²) in [7, 11) is 0. The van der Waals surface area contributed by atoms with E-state index in [9.17, 15) is 14.4 Å². The molecule has 0 aliphatic heterocycles. The average Bonchev–Trinajstić information content (AvgIpc) is 2.70. The molecule has 2 aromatic carbocycles. The first-order chi connectivity index (χ1) is 12.6. The maximum Gasteiger partial charge on any atom is 0.344 e. The third-order valence-corrected chi connectivity index (χ3v) is 3.27. The maximum atomic E-state index is 12.3. The Kier molecular flexibility index (Phi) is 7.12. The Balaban J connectivity index is 1.77. The zero-order valence-electron chi connectivity index (χ0n) is 14.1. The molecule has 0 radical (unpaired) electrons. The minimum atomic E-state index is -0.593. The van der Waals surface area contributed by atoms with Crippen molar-refractivity contribution in [2.24, 2.45) is 0 Å². The number of hydrogen-bond acceptors (Lipinski definition) is 6. The van der Waals surface area contributed by atoms with E-state index in [2.05, 4.69) is 11.3 Å². The molecule has 0 saturated carbocycles. The van der Waals surface area contributed by atoms with Gasteiger partial charge >= 0.3 is 11.9 Å². The number of carbonyl (C=O) groups is 3. The van der Waals surface area contributed by atoms with Crippen LogP contribution in [0.15, 0.2) is 67.3 Å². The van der Waals surface area contributed by atoms with E-state index in [1.807, 2.05) is 6.07 Å². The summed E-state index contributed by atoms with van der Waals surface area (Å²) in [6.45, 7) is 2.85. The first kappa shape index (κ1) is 18.9. The Morgan fingerprint density at radius 2 is 1.46 bits per heavy atom. The molecule has 26 heavy (non-hydrogen) atoms. The molecular weight excluding hydrogens is 336 g/mol. The van der Waals surface area contributed by atoms with E-state index >= 15 is 0 Å². The van der Waals surface area contributed by atoms with E-state index < -0.39 is 11.9 Å². The van der Waals surface area contributed by atoms with Crippen LogP contribution >= 0.6 is 0 Å². The SMILES string of the molecule is C=CC(=O)OCCOC(=O)COc1ccc(C(=O)c2ccccc2)cc1.